The van der Waals surface area contributed by atoms with Crippen LogP contribution >= 0.6 is 0 Å². The molecule has 0 bridgehead atoms. The molecule has 0 spiro atoms. The minimum absolute atomic E-state index is 0.0126. The highest BCUT2D eigenvalue weighted by Crippen LogP contribution is 2.43. The number of tetrazole rings is 1. The van der Waals surface area contributed by atoms with Crippen molar-refractivity contribution in [2.24, 2.45) is 0 Å². The molecular weight excluding hydrogens is 302 g/mol. The van der Waals surface area contributed by atoms with Gasteiger partial charge in [-0.3, -0.25) is 4.90 Å². The zero-order chi connectivity index (χ0) is 16.4. The number of ether oxygens (including phenoxy) is 1. The number of hydrogen-bond donors (Lipinski definition) is 0. The summed E-state index contributed by atoms with van der Waals surface area (Å²) in [6.07, 6.45) is 8.68. The average Bonchev–Trinajstić information content (AvgIpc) is 3.34. The first-order valence-electron chi connectivity index (χ1n) is 9.02. The van der Waals surface area contributed by atoms with Crippen molar-refractivity contribution >= 4 is 0 Å². The predicted molar refractivity (Wildman–Crippen MR) is 91.3 cm³/mol. The van der Waals surface area contributed by atoms with E-state index in [0.717, 1.165) is 43.2 Å². The van der Waals surface area contributed by atoms with Crippen molar-refractivity contribution in [3.05, 3.63) is 30.1 Å². The van der Waals surface area contributed by atoms with Gasteiger partial charge in [-0.25, -0.2) is 0 Å². The molecule has 1 aliphatic heterocycles. The summed E-state index contributed by atoms with van der Waals surface area (Å²) >= 11 is 0. The van der Waals surface area contributed by atoms with Crippen LogP contribution in [-0.4, -0.2) is 45.3 Å². The first kappa shape index (κ1) is 15.6. The Morgan fingerprint density at radius 2 is 1.83 bits per heavy atom. The summed E-state index contributed by atoms with van der Waals surface area (Å²) in [5.74, 6) is 1.82. The van der Waals surface area contributed by atoms with Crippen molar-refractivity contribution in [1.82, 2.24) is 25.1 Å². The minimum atomic E-state index is -0.0126. The molecule has 1 saturated carbocycles. The number of methoxy groups -OCH3 is 1. The Hall–Kier alpha value is -1.95. The quantitative estimate of drug-likeness (QED) is 0.864. The van der Waals surface area contributed by atoms with Gasteiger partial charge in [0.2, 0.25) is 0 Å². The summed E-state index contributed by atoms with van der Waals surface area (Å²) in [5, 5.41) is 12.9. The zero-order valence-corrected chi connectivity index (χ0v) is 14.3. The van der Waals surface area contributed by atoms with Crippen molar-refractivity contribution in [1.29, 1.82) is 0 Å². The molecule has 1 aliphatic carbocycles. The SMILES string of the molecule is COc1cccc(-n2nnnc2C2(N3CCCC3)CCCCC2)c1. The second-order valence-corrected chi connectivity index (χ2v) is 6.90. The Morgan fingerprint density at radius 3 is 2.58 bits per heavy atom. The summed E-state index contributed by atoms with van der Waals surface area (Å²) in [5.41, 5.74) is 0.958. The van der Waals surface area contributed by atoms with Gasteiger partial charge in [0.05, 0.1) is 18.3 Å². The third-order valence-corrected chi connectivity index (χ3v) is 5.58. The number of likely N-dealkylation sites (tertiary alicyclic amines) is 1. The van der Waals surface area contributed by atoms with Crippen LogP contribution in [-0.2, 0) is 5.54 Å². The fraction of sp³-hybridized carbons (Fsp3) is 0.611. The highest BCUT2D eigenvalue weighted by Gasteiger charge is 2.44. The molecule has 2 aliphatic rings. The lowest BCUT2D eigenvalue weighted by atomic mass is 9.79. The number of hydrogen-bond acceptors (Lipinski definition) is 5. The van der Waals surface area contributed by atoms with Crippen LogP contribution in [0.5, 0.6) is 5.75 Å². The van der Waals surface area contributed by atoms with Crippen LogP contribution < -0.4 is 4.74 Å². The summed E-state index contributed by atoms with van der Waals surface area (Å²) in [7, 11) is 1.69. The highest BCUT2D eigenvalue weighted by molar-refractivity contribution is 5.39. The molecule has 2 fully saturated rings. The molecule has 2 heterocycles. The second kappa shape index (κ2) is 6.51. The Labute approximate surface area is 142 Å². The molecule has 24 heavy (non-hydrogen) atoms. The van der Waals surface area contributed by atoms with Gasteiger partial charge >= 0.3 is 0 Å². The molecule has 1 aromatic carbocycles. The van der Waals surface area contributed by atoms with Gasteiger partial charge in [-0.15, -0.1) is 5.10 Å². The van der Waals surface area contributed by atoms with Gasteiger partial charge in [0.15, 0.2) is 5.82 Å². The van der Waals surface area contributed by atoms with Crippen LogP contribution in [0.2, 0.25) is 0 Å². The molecule has 0 radical (unpaired) electrons. The number of rotatable bonds is 4. The molecule has 1 saturated heterocycles. The van der Waals surface area contributed by atoms with Gasteiger partial charge < -0.3 is 4.74 Å². The highest BCUT2D eigenvalue weighted by atomic mass is 16.5. The van der Waals surface area contributed by atoms with Crippen LogP contribution in [0.4, 0.5) is 0 Å². The van der Waals surface area contributed by atoms with Gasteiger partial charge in [0.1, 0.15) is 5.75 Å². The van der Waals surface area contributed by atoms with Gasteiger partial charge in [-0.2, -0.15) is 4.68 Å². The van der Waals surface area contributed by atoms with E-state index in [1.54, 1.807) is 7.11 Å². The van der Waals surface area contributed by atoms with E-state index in [9.17, 15) is 0 Å². The third-order valence-electron chi connectivity index (χ3n) is 5.58. The number of benzene rings is 1. The van der Waals surface area contributed by atoms with E-state index in [2.05, 4.69) is 20.4 Å². The third kappa shape index (κ3) is 2.59. The van der Waals surface area contributed by atoms with E-state index in [1.807, 2.05) is 28.9 Å². The lowest BCUT2D eigenvalue weighted by Crippen LogP contribution is -2.47. The maximum Gasteiger partial charge on any atom is 0.176 e. The van der Waals surface area contributed by atoms with Gasteiger partial charge in [-0.05, 0) is 61.3 Å². The molecule has 6 heteroatoms. The van der Waals surface area contributed by atoms with Crippen LogP contribution in [0.3, 0.4) is 0 Å². The molecule has 1 aromatic heterocycles. The first-order chi connectivity index (χ1) is 11.8. The average molecular weight is 327 g/mol. The molecule has 2 aromatic rings. The molecule has 0 N–H and O–H groups in total. The summed E-state index contributed by atoms with van der Waals surface area (Å²) in [6, 6.07) is 7.98. The maximum absolute atomic E-state index is 5.37. The van der Waals surface area contributed by atoms with E-state index >= 15 is 0 Å². The summed E-state index contributed by atoms with van der Waals surface area (Å²) < 4.78 is 7.29. The molecule has 0 unspecified atom stereocenters. The fourth-order valence-corrected chi connectivity index (χ4v) is 4.36. The topological polar surface area (TPSA) is 56.1 Å². The van der Waals surface area contributed by atoms with Crippen molar-refractivity contribution in [2.75, 3.05) is 20.2 Å². The van der Waals surface area contributed by atoms with Crippen molar-refractivity contribution < 1.29 is 4.74 Å². The lowest BCUT2D eigenvalue weighted by Gasteiger charge is -2.43. The Bertz CT molecular complexity index is 686. The molecule has 6 nitrogen and oxygen atoms in total. The van der Waals surface area contributed by atoms with Crippen LogP contribution in [0, 0.1) is 0 Å². The smallest absolute Gasteiger partial charge is 0.176 e. The van der Waals surface area contributed by atoms with Gasteiger partial charge in [-0.1, -0.05) is 25.3 Å². The first-order valence-corrected chi connectivity index (χ1v) is 9.02. The normalized spacial score (nSPS) is 21.0. The molecule has 0 atom stereocenters. The standard InChI is InChI=1S/C18H25N5O/c1-24-16-9-7-8-15(14-16)23-17(19-20-21-23)18(10-3-2-4-11-18)22-12-5-6-13-22/h7-9,14H,2-6,10-13H2,1H3. The Kier molecular flexibility index (Phi) is 4.22. The fourth-order valence-electron chi connectivity index (χ4n) is 4.36. The van der Waals surface area contributed by atoms with Crippen molar-refractivity contribution in [2.45, 2.75) is 50.5 Å². The van der Waals surface area contributed by atoms with E-state index in [-0.39, 0.29) is 5.54 Å². The predicted octanol–water partition coefficient (Wildman–Crippen LogP) is 2.93. The van der Waals surface area contributed by atoms with Crippen LogP contribution in [0.1, 0.15) is 50.8 Å². The number of nitrogens with zero attached hydrogens (tertiary/aromatic N) is 5. The Balaban J connectivity index is 1.78. The molecule has 0 amide bonds. The Morgan fingerprint density at radius 1 is 1.04 bits per heavy atom. The van der Waals surface area contributed by atoms with E-state index < -0.39 is 0 Å². The van der Waals surface area contributed by atoms with Gasteiger partial charge in [0.25, 0.3) is 0 Å². The molecular formula is C18H25N5O. The van der Waals surface area contributed by atoms with Crippen LogP contribution in [0.15, 0.2) is 24.3 Å². The summed E-state index contributed by atoms with van der Waals surface area (Å²) in [4.78, 5) is 2.63. The van der Waals surface area contributed by atoms with Crippen molar-refractivity contribution in [3.8, 4) is 11.4 Å². The lowest BCUT2D eigenvalue weighted by molar-refractivity contribution is 0.0595. The zero-order valence-electron chi connectivity index (χ0n) is 14.3. The monoisotopic (exact) mass is 327 g/mol. The van der Waals surface area contributed by atoms with Crippen molar-refractivity contribution in [3.63, 3.8) is 0 Å². The number of aromatic nitrogens is 4. The maximum atomic E-state index is 5.37. The van der Waals surface area contributed by atoms with Gasteiger partial charge in [0, 0.05) is 6.07 Å². The van der Waals surface area contributed by atoms with Crippen LogP contribution in [0.25, 0.3) is 5.69 Å². The van der Waals surface area contributed by atoms with E-state index in [1.165, 1.54) is 32.1 Å². The largest absolute Gasteiger partial charge is 0.497 e. The molecule has 128 valence electrons. The van der Waals surface area contributed by atoms with E-state index in [0.29, 0.717) is 0 Å². The molecule has 4 rings (SSSR count). The minimum Gasteiger partial charge on any atom is -0.497 e. The van der Waals surface area contributed by atoms with E-state index in [4.69, 9.17) is 4.74 Å². The second-order valence-electron chi connectivity index (χ2n) is 6.90. The summed E-state index contributed by atoms with van der Waals surface area (Å²) in [6.45, 7) is 2.32.